The molecule has 3 aromatic carbocycles. The van der Waals surface area contributed by atoms with Crippen LogP contribution in [-0.4, -0.2) is 65.9 Å². The Hall–Kier alpha value is -5.91. The predicted molar refractivity (Wildman–Crippen MR) is 190 cm³/mol. The van der Waals surface area contributed by atoms with E-state index >= 15 is 0 Å². The molecule has 0 aliphatic carbocycles. The molecule has 0 saturated heterocycles. The van der Waals surface area contributed by atoms with Gasteiger partial charge in [-0.25, -0.2) is 9.78 Å². The average molecular weight is 713 g/mol. The van der Waals surface area contributed by atoms with E-state index in [0.717, 1.165) is 11.1 Å². The molecule has 52 heavy (non-hydrogen) atoms. The van der Waals surface area contributed by atoms with Gasteiger partial charge in [-0.05, 0) is 36.6 Å². The molecular weight excluding hydrogens is 668 g/mol. The molecule has 0 aliphatic heterocycles. The van der Waals surface area contributed by atoms with Gasteiger partial charge in [-0.15, -0.1) is 0 Å². The summed E-state index contributed by atoms with van der Waals surface area (Å²) in [6, 6.07) is 27.2. The van der Waals surface area contributed by atoms with Crippen LogP contribution in [-0.2, 0) is 41.6 Å². The molecule has 0 radical (unpaired) electrons. The molecule has 4 aromatic rings. The van der Waals surface area contributed by atoms with Crippen LogP contribution in [0.25, 0.3) is 0 Å². The highest BCUT2D eigenvalue weighted by atomic mass is 16.6. The number of pyridine rings is 1. The molecule has 4 atom stereocenters. The molecule has 274 valence electrons. The molecule has 2 N–H and O–H groups in total. The number of methoxy groups -OCH3 is 1. The first-order chi connectivity index (χ1) is 25.1. The van der Waals surface area contributed by atoms with Crippen LogP contribution >= 0.6 is 0 Å². The van der Waals surface area contributed by atoms with Crippen LogP contribution < -0.4 is 14.8 Å². The van der Waals surface area contributed by atoms with Gasteiger partial charge in [0.05, 0.1) is 19.6 Å². The normalized spacial score (nSPS) is 13.2. The lowest BCUT2D eigenvalue weighted by atomic mass is 9.90. The topological polar surface area (TPSA) is 160 Å². The summed E-state index contributed by atoms with van der Waals surface area (Å²) in [6.45, 7) is 4.77. The number of esters is 3. The van der Waals surface area contributed by atoms with Crippen LogP contribution in [0.5, 0.6) is 17.2 Å². The van der Waals surface area contributed by atoms with Crippen molar-refractivity contribution in [1.82, 2.24) is 10.3 Å². The maximum atomic E-state index is 13.9. The average Bonchev–Trinajstić information content (AvgIpc) is 3.15. The molecule has 12 nitrogen and oxygen atoms in total. The minimum Gasteiger partial charge on any atom is -0.503 e. The Bertz CT molecular complexity index is 1750. The predicted octanol–water partition coefficient (Wildman–Crippen LogP) is 5.47. The monoisotopic (exact) mass is 712 g/mol. The third-order valence-electron chi connectivity index (χ3n) is 8.04. The molecule has 4 rings (SSSR count). The zero-order valence-electron chi connectivity index (χ0n) is 29.6. The minimum absolute atomic E-state index is 0.00975. The van der Waals surface area contributed by atoms with Crippen LogP contribution in [0.3, 0.4) is 0 Å². The number of nitrogens with zero attached hydrogens (tertiary/aromatic N) is 1. The van der Waals surface area contributed by atoms with Crippen LogP contribution in [0.4, 0.5) is 0 Å². The highest BCUT2D eigenvalue weighted by molar-refractivity contribution is 5.98. The summed E-state index contributed by atoms with van der Waals surface area (Å²) in [7, 11) is 1.32. The van der Waals surface area contributed by atoms with E-state index in [0.29, 0.717) is 5.75 Å². The van der Waals surface area contributed by atoms with Gasteiger partial charge < -0.3 is 34.1 Å². The van der Waals surface area contributed by atoms with Gasteiger partial charge in [0.1, 0.15) is 30.4 Å². The number of ether oxygens (including phenoxy) is 5. The van der Waals surface area contributed by atoms with Crippen molar-refractivity contribution in [2.75, 3.05) is 13.7 Å². The number of rotatable bonds is 18. The molecule has 0 bridgehead atoms. The number of aromatic hydroxyl groups is 1. The zero-order chi connectivity index (χ0) is 37.5. The maximum absolute atomic E-state index is 13.9. The lowest BCUT2D eigenvalue weighted by Gasteiger charge is -2.31. The summed E-state index contributed by atoms with van der Waals surface area (Å²) in [4.78, 5) is 58.1. The summed E-state index contributed by atoms with van der Waals surface area (Å²) < 4.78 is 28.4. The van der Waals surface area contributed by atoms with Crippen molar-refractivity contribution < 1.29 is 48.0 Å². The highest BCUT2D eigenvalue weighted by Crippen LogP contribution is 2.28. The molecule has 1 aromatic heterocycles. The molecule has 0 spiro atoms. The third kappa shape index (κ3) is 11.3. The van der Waals surface area contributed by atoms with Gasteiger partial charge in [-0.2, -0.15) is 0 Å². The van der Waals surface area contributed by atoms with Gasteiger partial charge in [0, 0.05) is 18.7 Å². The number of nitrogens with one attached hydrogen (secondary N) is 1. The first kappa shape index (κ1) is 38.9. The first-order valence-electron chi connectivity index (χ1n) is 16.9. The molecule has 1 amide bonds. The van der Waals surface area contributed by atoms with E-state index in [1.165, 1.54) is 26.3 Å². The summed E-state index contributed by atoms with van der Waals surface area (Å²) in [5, 5.41) is 13.1. The fourth-order valence-corrected chi connectivity index (χ4v) is 5.20. The SMILES string of the molecule is COc1ccnc(C(=O)N[C@@H](CCOc2ccccc2)C(=O)O[C@@H](C)[C@H](OC(=O)C(C)C)[C@@H](Cc2ccccc2)C(=O)OCc2ccccc2)c1O. The Morgan fingerprint density at radius 2 is 1.38 bits per heavy atom. The van der Waals surface area contributed by atoms with E-state index in [2.05, 4.69) is 10.3 Å². The van der Waals surface area contributed by atoms with Gasteiger partial charge in [-0.3, -0.25) is 14.4 Å². The Kier molecular flexibility index (Phi) is 14.6. The fraction of sp³-hybridized carbons (Fsp3) is 0.325. The Morgan fingerprint density at radius 1 is 0.769 bits per heavy atom. The minimum atomic E-state index is -1.31. The number of hydrogen-bond acceptors (Lipinski definition) is 11. The summed E-state index contributed by atoms with van der Waals surface area (Å²) in [5.41, 5.74) is 1.15. The Balaban J connectivity index is 1.61. The van der Waals surface area contributed by atoms with Crippen molar-refractivity contribution >= 4 is 23.8 Å². The lowest BCUT2D eigenvalue weighted by molar-refractivity contribution is -0.181. The third-order valence-corrected chi connectivity index (χ3v) is 8.04. The summed E-state index contributed by atoms with van der Waals surface area (Å²) in [5.74, 6) is -4.64. The van der Waals surface area contributed by atoms with Crippen molar-refractivity contribution in [3.05, 3.63) is 120 Å². The maximum Gasteiger partial charge on any atom is 0.329 e. The molecule has 0 unspecified atom stereocenters. The summed E-state index contributed by atoms with van der Waals surface area (Å²) in [6.07, 6.45) is -1.13. The zero-order valence-corrected chi connectivity index (χ0v) is 29.6. The van der Waals surface area contributed by atoms with Crippen LogP contribution in [0.2, 0.25) is 0 Å². The van der Waals surface area contributed by atoms with Gasteiger partial charge in [-0.1, -0.05) is 92.7 Å². The second-order valence-corrected chi connectivity index (χ2v) is 12.3. The van der Waals surface area contributed by atoms with Crippen molar-refractivity contribution in [2.45, 2.75) is 58.5 Å². The van der Waals surface area contributed by atoms with E-state index in [1.807, 2.05) is 66.7 Å². The number of hydrogen-bond donors (Lipinski definition) is 2. The van der Waals surface area contributed by atoms with Crippen molar-refractivity contribution in [1.29, 1.82) is 0 Å². The van der Waals surface area contributed by atoms with E-state index in [4.69, 9.17) is 23.7 Å². The van der Waals surface area contributed by atoms with E-state index in [-0.39, 0.29) is 37.5 Å². The standard InChI is InChI=1S/C40H44N2O10/c1-26(2)38(45)52-36(31(24-28-14-8-5-9-15-28)39(46)50-25-29-16-10-6-11-17-29)27(3)51-40(47)32(21-23-49-30-18-12-7-13-19-30)42-37(44)34-35(43)33(48-4)20-22-41-34/h5-20,22,26-27,31-32,36,43H,21,23-25H2,1-4H3,(H,42,44)/t27-,31+,32-,36-/m0/s1. The van der Waals surface area contributed by atoms with E-state index in [9.17, 15) is 24.3 Å². The molecule has 12 heteroatoms. The van der Waals surface area contributed by atoms with Crippen LogP contribution in [0, 0.1) is 11.8 Å². The molecular formula is C40H44N2O10. The Labute approximate surface area is 303 Å². The smallest absolute Gasteiger partial charge is 0.329 e. The molecule has 0 aliphatic rings. The number of carbonyl (C=O) groups is 4. The van der Waals surface area contributed by atoms with Gasteiger partial charge in [0.25, 0.3) is 5.91 Å². The van der Waals surface area contributed by atoms with Crippen molar-refractivity contribution in [2.24, 2.45) is 11.8 Å². The number of benzene rings is 3. The van der Waals surface area contributed by atoms with Crippen LogP contribution in [0.15, 0.2) is 103 Å². The number of carbonyl (C=O) groups excluding carboxylic acids is 4. The van der Waals surface area contributed by atoms with Gasteiger partial charge in [0.15, 0.2) is 23.3 Å². The highest BCUT2D eigenvalue weighted by Gasteiger charge is 2.40. The second-order valence-electron chi connectivity index (χ2n) is 12.3. The van der Waals surface area contributed by atoms with Crippen molar-refractivity contribution in [3.8, 4) is 17.2 Å². The fourth-order valence-electron chi connectivity index (χ4n) is 5.20. The molecule has 0 saturated carbocycles. The number of para-hydroxylation sites is 1. The van der Waals surface area contributed by atoms with Gasteiger partial charge in [0.2, 0.25) is 0 Å². The van der Waals surface area contributed by atoms with Crippen molar-refractivity contribution in [3.63, 3.8) is 0 Å². The van der Waals surface area contributed by atoms with E-state index in [1.54, 1.807) is 38.1 Å². The number of amides is 1. The Morgan fingerprint density at radius 3 is 2.00 bits per heavy atom. The van der Waals surface area contributed by atoms with Crippen LogP contribution in [0.1, 0.15) is 48.8 Å². The molecule has 1 heterocycles. The summed E-state index contributed by atoms with van der Waals surface area (Å²) >= 11 is 0. The first-order valence-corrected chi connectivity index (χ1v) is 16.9. The largest absolute Gasteiger partial charge is 0.503 e. The lowest BCUT2D eigenvalue weighted by Crippen LogP contribution is -2.48. The second kappa shape index (κ2) is 19.5. The number of aromatic nitrogens is 1. The molecule has 0 fully saturated rings. The quantitative estimate of drug-likeness (QED) is 0.0996. The van der Waals surface area contributed by atoms with Gasteiger partial charge >= 0.3 is 17.9 Å². The van der Waals surface area contributed by atoms with E-state index < -0.39 is 59.7 Å².